The Labute approximate surface area is 118 Å². The lowest BCUT2D eigenvalue weighted by Gasteiger charge is -2.24. The van der Waals surface area contributed by atoms with Gasteiger partial charge in [-0.05, 0) is 20.3 Å². The number of hydrogen-bond acceptors (Lipinski definition) is 6. The maximum absolute atomic E-state index is 5.76. The number of nitrogens with one attached hydrogen (secondary N) is 1. The first-order valence-electron chi connectivity index (χ1n) is 6.96. The van der Waals surface area contributed by atoms with E-state index in [0.29, 0.717) is 24.4 Å². The summed E-state index contributed by atoms with van der Waals surface area (Å²) in [6.07, 6.45) is 1.63. The molecular weight excluding hydrogens is 262 g/mol. The van der Waals surface area contributed by atoms with Gasteiger partial charge in [-0.15, -0.1) is 0 Å². The predicted molar refractivity (Wildman–Crippen MR) is 76.4 cm³/mol. The number of ether oxygens (including phenoxy) is 1. The molecule has 1 aliphatic heterocycles. The van der Waals surface area contributed by atoms with E-state index >= 15 is 0 Å². The van der Waals surface area contributed by atoms with Gasteiger partial charge in [-0.3, -0.25) is 0 Å². The van der Waals surface area contributed by atoms with Crippen LogP contribution in [0.5, 0.6) is 0 Å². The highest BCUT2D eigenvalue weighted by Gasteiger charge is 2.31. The van der Waals surface area contributed by atoms with Gasteiger partial charge in [0.2, 0.25) is 11.7 Å². The van der Waals surface area contributed by atoms with Crippen molar-refractivity contribution in [1.29, 1.82) is 0 Å². The maximum atomic E-state index is 5.76. The van der Waals surface area contributed by atoms with E-state index in [0.717, 1.165) is 25.1 Å². The van der Waals surface area contributed by atoms with Crippen LogP contribution in [0.1, 0.15) is 38.9 Å². The van der Waals surface area contributed by atoms with Crippen molar-refractivity contribution < 1.29 is 9.26 Å². The Hall–Kier alpha value is -0.590. The van der Waals surface area contributed by atoms with E-state index in [2.05, 4.69) is 22.4 Å². The molecule has 0 aromatic carbocycles. The van der Waals surface area contributed by atoms with Crippen LogP contribution in [0.2, 0.25) is 0 Å². The third-order valence-corrected chi connectivity index (χ3v) is 4.63. The van der Waals surface area contributed by atoms with E-state index < -0.39 is 5.60 Å². The molecule has 6 heteroatoms. The monoisotopic (exact) mass is 285 g/mol. The zero-order valence-corrected chi connectivity index (χ0v) is 12.8. The average molecular weight is 285 g/mol. The van der Waals surface area contributed by atoms with Crippen LogP contribution in [0, 0.1) is 0 Å². The minimum Gasteiger partial charge on any atom is -0.367 e. The molecule has 1 aliphatic rings. The summed E-state index contributed by atoms with van der Waals surface area (Å²) in [5.74, 6) is 3.66. The fraction of sp³-hybridized carbons (Fsp3) is 0.846. The molecule has 2 atom stereocenters. The molecule has 0 bridgehead atoms. The fourth-order valence-corrected chi connectivity index (χ4v) is 3.11. The van der Waals surface area contributed by atoms with E-state index in [4.69, 9.17) is 9.26 Å². The third-order valence-electron chi connectivity index (χ3n) is 3.50. The number of aromatic nitrogens is 2. The first-order valence-corrected chi connectivity index (χ1v) is 8.11. The van der Waals surface area contributed by atoms with Crippen molar-refractivity contribution in [3.05, 3.63) is 11.7 Å². The largest absolute Gasteiger partial charge is 0.367 e. The Morgan fingerprint density at radius 3 is 3.00 bits per heavy atom. The molecule has 108 valence electrons. The summed E-state index contributed by atoms with van der Waals surface area (Å²) in [5, 5.41) is 7.57. The van der Waals surface area contributed by atoms with Crippen molar-refractivity contribution in [3.8, 4) is 0 Å². The van der Waals surface area contributed by atoms with Gasteiger partial charge in [0.05, 0.1) is 0 Å². The molecule has 0 radical (unpaired) electrons. The van der Waals surface area contributed by atoms with E-state index in [9.17, 15) is 0 Å². The van der Waals surface area contributed by atoms with Crippen LogP contribution in [-0.2, 0) is 16.8 Å². The summed E-state index contributed by atoms with van der Waals surface area (Å²) < 4.78 is 11.1. The van der Waals surface area contributed by atoms with Gasteiger partial charge in [-0.2, -0.15) is 16.7 Å². The molecule has 1 aromatic heterocycles. The first-order chi connectivity index (χ1) is 9.18. The van der Waals surface area contributed by atoms with Gasteiger partial charge in [-0.1, -0.05) is 12.1 Å². The van der Waals surface area contributed by atoms with Crippen LogP contribution in [0.3, 0.4) is 0 Å². The Kier molecular flexibility index (Phi) is 5.24. The van der Waals surface area contributed by atoms with Gasteiger partial charge in [0.25, 0.3) is 0 Å². The molecule has 1 aromatic rings. The van der Waals surface area contributed by atoms with Gasteiger partial charge in [0.15, 0.2) is 0 Å². The maximum Gasteiger partial charge on any atom is 0.228 e. The summed E-state index contributed by atoms with van der Waals surface area (Å²) in [7, 11) is 0. The van der Waals surface area contributed by atoms with Crippen LogP contribution in [0.25, 0.3) is 0 Å². The second kappa shape index (κ2) is 6.72. The van der Waals surface area contributed by atoms with Gasteiger partial charge in [0, 0.05) is 37.1 Å². The first kappa shape index (κ1) is 14.8. The van der Waals surface area contributed by atoms with Crippen molar-refractivity contribution in [2.45, 2.75) is 45.3 Å². The average Bonchev–Trinajstić information content (AvgIpc) is 2.89. The molecule has 0 saturated carbocycles. The van der Waals surface area contributed by atoms with Crippen molar-refractivity contribution in [3.63, 3.8) is 0 Å². The fourth-order valence-electron chi connectivity index (χ4n) is 2.16. The molecule has 2 heterocycles. The number of hydrogen-bond donors (Lipinski definition) is 1. The summed E-state index contributed by atoms with van der Waals surface area (Å²) in [4.78, 5) is 4.51. The summed E-state index contributed by atoms with van der Waals surface area (Å²) in [6, 6.07) is 0.437. The van der Waals surface area contributed by atoms with Crippen molar-refractivity contribution in [2.75, 3.05) is 24.7 Å². The highest BCUT2D eigenvalue weighted by molar-refractivity contribution is 7.99. The van der Waals surface area contributed by atoms with Gasteiger partial charge >= 0.3 is 0 Å². The molecular formula is C13H23N3O2S. The summed E-state index contributed by atoms with van der Waals surface area (Å²) in [5.41, 5.74) is -0.439. The van der Waals surface area contributed by atoms with Crippen LogP contribution >= 0.6 is 11.8 Å². The van der Waals surface area contributed by atoms with Crippen LogP contribution in [0.15, 0.2) is 4.52 Å². The molecule has 2 unspecified atom stereocenters. The van der Waals surface area contributed by atoms with Crippen LogP contribution in [0.4, 0.5) is 0 Å². The molecule has 0 amide bonds. The number of rotatable bonds is 6. The standard InChI is InChI=1S/C13H23N3O2S/c1-4-13(3,17-5-2)12-15-11(18-16-12)8-10-9-19-7-6-14-10/h10,14H,4-9H2,1-3H3. The lowest BCUT2D eigenvalue weighted by molar-refractivity contribution is -0.0403. The Bertz CT molecular complexity index is 393. The zero-order chi connectivity index (χ0) is 13.7. The molecule has 2 rings (SSSR count). The normalized spacial score (nSPS) is 23.2. The van der Waals surface area contributed by atoms with Crippen LogP contribution in [-0.4, -0.2) is 40.8 Å². The van der Waals surface area contributed by atoms with Gasteiger partial charge in [-0.25, -0.2) is 0 Å². The van der Waals surface area contributed by atoms with E-state index in [-0.39, 0.29) is 0 Å². The second-order valence-electron chi connectivity index (χ2n) is 4.96. The third kappa shape index (κ3) is 3.70. The Morgan fingerprint density at radius 2 is 2.37 bits per heavy atom. The van der Waals surface area contributed by atoms with Gasteiger partial charge < -0.3 is 14.6 Å². The number of thioether (sulfide) groups is 1. The topological polar surface area (TPSA) is 60.2 Å². The van der Waals surface area contributed by atoms with E-state index in [1.165, 1.54) is 5.75 Å². The van der Waals surface area contributed by atoms with Crippen molar-refractivity contribution in [2.24, 2.45) is 0 Å². The lowest BCUT2D eigenvalue weighted by Crippen LogP contribution is -2.39. The second-order valence-corrected chi connectivity index (χ2v) is 6.11. The molecule has 1 fully saturated rings. The van der Waals surface area contributed by atoms with Crippen molar-refractivity contribution in [1.82, 2.24) is 15.5 Å². The molecule has 1 saturated heterocycles. The van der Waals surface area contributed by atoms with Crippen molar-refractivity contribution >= 4 is 11.8 Å². The Balaban J connectivity index is 2.01. The smallest absolute Gasteiger partial charge is 0.228 e. The van der Waals surface area contributed by atoms with E-state index in [1.54, 1.807) is 0 Å². The lowest BCUT2D eigenvalue weighted by atomic mass is 10.0. The number of nitrogens with zero attached hydrogens (tertiary/aromatic N) is 2. The molecule has 5 nitrogen and oxygen atoms in total. The quantitative estimate of drug-likeness (QED) is 0.862. The Morgan fingerprint density at radius 1 is 1.53 bits per heavy atom. The summed E-state index contributed by atoms with van der Waals surface area (Å²) in [6.45, 7) is 7.78. The van der Waals surface area contributed by atoms with E-state index in [1.807, 2.05) is 25.6 Å². The SMILES string of the molecule is CCOC(C)(CC)c1noc(CC2CSCCN2)n1. The minimum atomic E-state index is -0.439. The highest BCUT2D eigenvalue weighted by Crippen LogP contribution is 2.26. The molecule has 19 heavy (non-hydrogen) atoms. The zero-order valence-electron chi connectivity index (χ0n) is 11.9. The molecule has 0 aliphatic carbocycles. The molecule has 0 spiro atoms. The highest BCUT2D eigenvalue weighted by atomic mass is 32.2. The predicted octanol–water partition coefficient (Wildman–Crippen LogP) is 1.98. The summed E-state index contributed by atoms with van der Waals surface area (Å²) >= 11 is 1.97. The minimum absolute atomic E-state index is 0.437. The molecule has 1 N–H and O–H groups in total. The van der Waals surface area contributed by atoms with Crippen LogP contribution < -0.4 is 5.32 Å². The van der Waals surface area contributed by atoms with Gasteiger partial charge in [0.1, 0.15) is 5.60 Å².